The summed E-state index contributed by atoms with van der Waals surface area (Å²) < 4.78 is 33.7. The third kappa shape index (κ3) is 4.72. The van der Waals surface area contributed by atoms with Gasteiger partial charge in [-0.25, -0.2) is 8.42 Å². The minimum absolute atomic E-state index is 0.114. The first-order valence-corrected chi connectivity index (χ1v) is 10.7. The van der Waals surface area contributed by atoms with E-state index in [1.807, 2.05) is 62.4 Å². The summed E-state index contributed by atoms with van der Waals surface area (Å²) in [5.74, 6) is 0.124. The molecule has 0 aliphatic carbocycles. The molecule has 0 aromatic heterocycles. The van der Waals surface area contributed by atoms with Gasteiger partial charge in [-0.3, -0.25) is 0 Å². The molecule has 1 saturated heterocycles. The Hall–Kier alpha value is -1.69. The summed E-state index contributed by atoms with van der Waals surface area (Å²) in [5.41, 5.74) is 1.68. The summed E-state index contributed by atoms with van der Waals surface area (Å²) in [6.07, 6.45) is 1.14. The standard InChI is InChI=1S/C21H27NO3S/c1-21(2)17-25-20(15-19-11-7-4-8-12-19)16-22(21)26(23,24)14-13-18-9-5-3-6-10-18/h3-12,20H,13-17H2,1-2H3. The predicted molar refractivity (Wildman–Crippen MR) is 105 cm³/mol. The third-order valence-electron chi connectivity index (χ3n) is 4.85. The van der Waals surface area contributed by atoms with Crippen molar-refractivity contribution >= 4 is 10.0 Å². The van der Waals surface area contributed by atoms with Crippen LogP contribution in [0.2, 0.25) is 0 Å². The quantitative estimate of drug-likeness (QED) is 0.781. The van der Waals surface area contributed by atoms with E-state index in [1.165, 1.54) is 5.56 Å². The Morgan fingerprint density at radius 2 is 1.58 bits per heavy atom. The molecule has 0 N–H and O–H groups in total. The molecule has 2 aromatic carbocycles. The lowest BCUT2D eigenvalue weighted by atomic mass is 10.0. The molecular formula is C21H27NO3S. The van der Waals surface area contributed by atoms with E-state index in [1.54, 1.807) is 4.31 Å². The van der Waals surface area contributed by atoms with Crippen molar-refractivity contribution in [1.82, 2.24) is 4.31 Å². The van der Waals surface area contributed by atoms with E-state index in [2.05, 4.69) is 12.1 Å². The highest BCUT2D eigenvalue weighted by molar-refractivity contribution is 7.89. The van der Waals surface area contributed by atoms with Crippen LogP contribution in [0, 0.1) is 0 Å². The molecule has 3 rings (SSSR count). The summed E-state index contributed by atoms with van der Waals surface area (Å²) in [7, 11) is -3.36. The number of hydrogen-bond acceptors (Lipinski definition) is 3. The number of hydrogen-bond donors (Lipinski definition) is 0. The fourth-order valence-electron chi connectivity index (χ4n) is 3.37. The molecule has 1 unspecified atom stereocenters. The maximum Gasteiger partial charge on any atom is 0.215 e. The van der Waals surface area contributed by atoms with Crippen LogP contribution in [0.5, 0.6) is 0 Å². The zero-order valence-electron chi connectivity index (χ0n) is 15.5. The van der Waals surface area contributed by atoms with Gasteiger partial charge in [0.15, 0.2) is 0 Å². The first-order chi connectivity index (χ1) is 12.4. The highest BCUT2D eigenvalue weighted by Crippen LogP contribution is 2.27. The van der Waals surface area contributed by atoms with Crippen LogP contribution in [-0.4, -0.2) is 43.3 Å². The van der Waals surface area contributed by atoms with Gasteiger partial charge in [-0.1, -0.05) is 60.7 Å². The molecule has 0 radical (unpaired) electrons. The van der Waals surface area contributed by atoms with Crippen LogP contribution in [0.15, 0.2) is 60.7 Å². The fourth-order valence-corrected chi connectivity index (χ4v) is 5.28. The van der Waals surface area contributed by atoms with Crippen LogP contribution in [0.25, 0.3) is 0 Å². The summed E-state index contributed by atoms with van der Waals surface area (Å²) in [6.45, 7) is 4.69. The molecule has 140 valence electrons. The van der Waals surface area contributed by atoms with Crippen molar-refractivity contribution in [3.63, 3.8) is 0 Å². The number of benzene rings is 2. The van der Waals surface area contributed by atoms with Crippen LogP contribution in [0.3, 0.4) is 0 Å². The monoisotopic (exact) mass is 373 g/mol. The first kappa shape index (κ1) is 19.1. The van der Waals surface area contributed by atoms with Gasteiger partial charge in [0.2, 0.25) is 10.0 Å². The molecular weight excluding hydrogens is 346 g/mol. The zero-order valence-corrected chi connectivity index (χ0v) is 16.3. The van der Waals surface area contributed by atoms with Crippen molar-refractivity contribution in [3.05, 3.63) is 71.8 Å². The van der Waals surface area contributed by atoms with Crippen molar-refractivity contribution in [1.29, 1.82) is 0 Å². The number of rotatable bonds is 6. The second-order valence-electron chi connectivity index (χ2n) is 7.52. The van der Waals surface area contributed by atoms with E-state index in [0.29, 0.717) is 19.6 Å². The van der Waals surface area contributed by atoms with Gasteiger partial charge in [-0.2, -0.15) is 4.31 Å². The minimum atomic E-state index is -3.36. The van der Waals surface area contributed by atoms with Crippen LogP contribution in [-0.2, 0) is 27.6 Å². The molecule has 1 aliphatic rings. The third-order valence-corrected chi connectivity index (χ3v) is 6.89. The normalized spacial score (nSPS) is 20.8. The van der Waals surface area contributed by atoms with Crippen LogP contribution < -0.4 is 0 Å². The van der Waals surface area contributed by atoms with E-state index in [-0.39, 0.29) is 11.9 Å². The van der Waals surface area contributed by atoms with E-state index in [4.69, 9.17) is 4.74 Å². The SMILES string of the molecule is CC1(C)COC(Cc2ccccc2)CN1S(=O)(=O)CCc1ccccc1. The average Bonchev–Trinajstić information content (AvgIpc) is 2.63. The van der Waals surface area contributed by atoms with E-state index in [0.717, 1.165) is 12.0 Å². The van der Waals surface area contributed by atoms with E-state index >= 15 is 0 Å². The number of aryl methyl sites for hydroxylation is 1. The molecule has 26 heavy (non-hydrogen) atoms. The van der Waals surface area contributed by atoms with Gasteiger partial charge in [0, 0.05) is 6.54 Å². The molecule has 1 heterocycles. The van der Waals surface area contributed by atoms with Gasteiger partial charge in [0.05, 0.1) is 24.0 Å². The van der Waals surface area contributed by atoms with Gasteiger partial charge in [0.25, 0.3) is 0 Å². The number of ether oxygens (including phenoxy) is 1. The Morgan fingerprint density at radius 1 is 1.00 bits per heavy atom. The molecule has 0 saturated carbocycles. The van der Waals surface area contributed by atoms with Crippen LogP contribution in [0.4, 0.5) is 0 Å². The fraction of sp³-hybridized carbons (Fsp3) is 0.429. The summed E-state index contributed by atoms with van der Waals surface area (Å²) in [4.78, 5) is 0. The Balaban J connectivity index is 1.70. The average molecular weight is 374 g/mol. The summed E-state index contributed by atoms with van der Waals surface area (Å²) in [6, 6.07) is 19.8. The second kappa shape index (κ2) is 7.91. The van der Waals surface area contributed by atoms with Gasteiger partial charge in [0.1, 0.15) is 0 Å². The van der Waals surface area contributed by atoms with Crippen molar-refractivity contribution in [2.45, 2.75) is 38.3 Å². The summed E-state index contributed by atoms with van der Waals surface area (Å²) in [5, 5.41) is 0. The predicted octanol–water partition coefficient (Wildman–Crippen LogP) is 3.28. The second-order valence-corrected chi connectivity index (χ2v) is 9.53. The molecule has 5 heteroatoms. The lowest BCUT2D eigenvalue weighted by Crippen LogP contribution is -2.59. The van der Waals surface area contributed by atoms with Crippen LogP contribution >= 0.6 is 0 Å². The van der Waals surface area contributed by atoms with Crippen molar-refractivity contribution in [3.8, 4) is 0 Å². The van der Waals surface area contributed by atoms with E-state index < -0.39 is 15.6 Å². The van der Waals surface area contributed by atoms with Crippen molar-refractivity contribution in [2.24, 2.45) is 0 Å². The molecule has 4 nitrogen and oxygen atoms in total. The van der Waals surface area contributed by atoms with Gasteiger partial charge < -0.3 is 4.74 Å². The van der Waals surface area contributed by atoms with Crippen molar-refractivity contribution < 1.29 is 13.2 Å². The smallest absolute Gasteiger partial charge is 0.215 e. The summed E-state index contributed by atoms with van der Waals surface area (Å²) >= 11 is 0. The zero-order chi connectivity index (χ0) is 18.6. The molecule has 0 amide bonds. The molecule has 1 atom stereocenters. The first-order valence-electron chi connectivity index (χ1n) is 9.07. The number of nitrogens with zero attached hydrogens (tertiary/aromatic N) is 1. The maximum absolute atomic E-state index is 13.0. The minimum Gasteiger partial charge on any atom is -0.375 e. The Bertz CT molecular complexity index is 804. The number of morpholine rings is 1. The lowest BCUT2D eigenvalue weighted by Gasteiger charge is -2.44. The molecule has 2 aromatic rings. The molecule has 1 fully saturated rings. The van der Waals surface area contributed by atoms with Gasteiger partial charge in [-0.15, -0.1) is 0 Å². The van der Waals surface area contributed by atoms with Crippen LogP contribution in [0.1, 0.15) is 25.0 Å². The largest absolute Gasteiger partial charge is 0.375 e. The van der Waals surface area contributed by atoms with Crippen molar-refractivity contribution in [2.75, 3.05) is 18.9 Å². The highest BCUT2D eigenvalue weighted by Gasteiger charge is 2.41. The lowest BCUT2D eigenvalue weighted by molar-refractivity contribution is -0.0628. The topological polar surface area (TPSA) is 46.6 Å². The molecule has 0 spiro atoms. The Morgan fingerprint density at radius 3 is 2.19 bits per heavy atom. The Kier molecular flexibility index (Phi) is 5.80. The Labute approximate surface area is 156 Å². The molecule has 0 bridgehead atoms. The number of sulfonamides is 1. The van der Waals surface area contributed by atoms with Gasteiger partial charge in [-0.05, 0) is 37.8 Å². The van der Waals surface area contributed by atoms with Gasteiger partial charge >= 0.3 is 0 Å². The molecule has 1 aliphatic heterocycles. The highest BCUT2D eigenvalue weighted by atomic mass is 32.2. The van der Waals surface area contributed by atoms with E-state index in [9.17, 15) is 8.42 Å². The maximum atomic E-state index is 13.0.